The van der Waals surface area contributed by atoms with Gasteiger partial charge in [-0.15, -0.1) is 0 Å². The Kier molecular flexibility index (Phi) is 6.09. The van der Waals surface area contributed by atoms with Crippen LogP contribution in [-0.4, -0.2) is 23.7 Å². The van der Waals surface area contributed by atoms with Gasteiger partial charge in [0, 0.05) is 25.1 Å². The summed E-state index contributed by atoms with van der Waals surface area (Å²) in [5, 5.41) is 14.1. The van der Waals surface area contributed by atoms with Crippen LogP contribution in [0, 0.1) is 5.41 Å². The number of nitrogens with one attached hydrogen (secondary N) is 2. The number of hydrogen-bond donors (Lipinski definition) is 3. The first-order valence-corrected chi connectivity index (χ1v) is 6.64. The monoisotopic (exact) mass is 282 g/mol. The summed E-state index contributed by atoms with van der Waals surface area (Å²) in [6.45, 7) is 4.94. The lowest BCUT2D eigenvalue weighted by Crippen LogP contribution is -2.36. The fourth-order valence-electron chi connectivity index (χ4n) is 1.72. The van der Waals surface area contributed by atoms with Crippen LogP contribution >= 0.6 is 0 Å². The van der Waals surface area contributed by atoms with E-state index in [2.05, 4.69) is 10.6 Å². The maximum atomic E-state index is 11.5. The van der Waals surface area contributed by atoms with Gasteiger partial charge in [-0.3, -0.25) is 4.79 Å². The molecule has 0 spiro atoms. The number of urea groups is 1. The summed E-state index contributed by atoms with van der Waals surface area (Å²) in [6, 6.07) is 1.55. The molecule has 1 aromatic heterocycles. The van der Waals surface area contributed by atoms with Crippen LogP contribution in [0.3, 0.4) is 0 Å². The van der Waals surface area contributed by atoms with Gasteiger partial charge in [0.1, 0.15) is 0 Å². The number of carbonyl (C=O) groups excluding carboxylic acids is 1. The number of carbonyl (C=O) groups is 2. The van der Waals surface area contributed by atoms with Gasteiger partial charge in [-0.1, -0.05) is 13.8 Å². The highest BCUT2D eigenvalue weighted by atomic mass is 16.4. The zero-order valence-electron chi connectivity index (χ0n) is 11.9. The second kappa shape index (κ2) is 7.57. The average molecular weight is 282 g/mol. The molecule has 0 bridgehead atoms. The van der Waals surface area contributed by atoms with Crippen LogP contribution in [0.2, 0.25) is 0 Å². The Morgan fingerprint density at radius 3 is 2.65 bits per heavy atom. The fraction of sp³-hybridized carbons (Fsp3) is 0.571. The zero-order valence-corrected chi connectivity index (χ0v) is 11.9. The highest BCUT2D eigenvalue weighted by molar-refractivity contribution is 5.73. The molecule has 0 aliphatic rings. The number of carboxylic acid groups (broad SMARTS) is 1. The second-order valence-electron chi connectivity index (χ2n) is 5.55. The van der Waals surface area contributed by atoms with Gasteiger partial charge in [0.2, 0.25) is 0 Å². The molecule has 112 valence electrons. The third-order valence-electron chi connectivity index (χ3n) is 3.14. The molecule has 0 fully saturated rings. The van der Waals surface area contributed by atoms with Gasteiger partial charge in [-0.25, -0.2) is 4.79 Å². The molecule has 0 saturated carbocycles. The van der Waals surface area contributed by atoms with Gasteiger partial charge >= 0.3 is 12.0 Å². The van der Waals surface area contributed by atoms with Crippen molar-refractivity contribution in [3.63, 3.8) is 0 Å². The molecule has 3 N–H and O–H groups in total. The van der Waals surface area contributed by atoms with Crippen molar-refractivity contribution < 1.29 is 19.1 Å². The Labute approximate surface area is 118 Å². The fourth-order valence-corrected chi connectivity index (χ4v) is 1.72. The third kappa shape index (κ3) is 6.82. The molecule has 0 radical (unpaired) electrons. The van der Waals surface area contributed by atoms with Crippen LogP contribution in [-0.2, 0) is 11.3 Å². The molecule has 0 aliphatic carbocycles. The van der Waals surface area contributed by atoms with Gasteiger partial charge in [0.15, 0.2) is 0 Å². The van der Waals surface area contributed by atoms with Gasteiger partial charge in [-0.2, -0.15) is 0 Å². The smallest absolute Gasteiger partial charge is 0.315 e. The first-order valence-electron chi connectivity index (χ1n) is 6.64. The van der Waals surface area contributed by atoms with E-state index in [-0.39, 0.29) is 17.9 Å². The normalized spacial score (nSPS) is 11.1. The van der Waals surface area contributed by atoms with Crippen LogP contribution in [0.5, 0.6) is 0 Å². The second-order valence-corrected chi connectivity index (χ2v) is 5.55. The lowest BCUT2D eigenvalue weighted by Gasteiger charge is -2.23. The summed E-state index contributed by atoms with van der Waals surface area (Å²) >= 11 is 0. The molecule has 20 heavy (non-hydrogen) atoms. The summed E-state index contributed by atoms with van der Waals surface area (Å²) in [7, 11) is 0. The summed E-state index contributed by atoms with van der Waals surface area (Å²) in [4.78, 5) is 22.1. The van der Waals surface area contributed by atoms with E-state index in [0.717, 1.165) is 12.0 Å². The van der Waals surface area contributed by atoms with E-state index in [0.29, 0.717) is 19.5 Å². The van der Waals surface area contributed by atoms with Crippen LogP contribution in [0.25, 0.3) is 0 Å². The van der Waals surface area contributed by atoms with Crippen molar-refractivity contribution >= 4 is 12.0 Å². The van der Waals surface area contributed by atoms with E-state index in [1.165, 1.54) is 0 Å². The third-order valence-corrected chi connectivity index (χ3v) is 3.14. The molecule has 6 nitrogen and oxygen atoms in total. The van der Waals surface area contributed by atoms with Crippen molar-refractivity contribution in [1.29, 1.82) is 0 Å². The minimum Gasteiger partial charge on any atom is -0.481 e. The highest BCUT2D eigenvalue weighted by Gasteiger charge is 2.19. The van der Waals surface area contributed by atoms with Crippen LogP contribution in [0.15, 0.2) is 23.0 Å². The summed E-state index contributed by atoms with van der Waals surface area (Å²) in [5.74, 6) is -0.788. The van der Waals surface area contributed by atoms with E-state index in [4.69, 9.17) is 9.52 Å². The van der Waals surface area contributed by atoms with Gasteiger partial charge in [0.05, 0.1) is 12.5 Å². The van der Waals surface area contributed by atoms with E-state index in [9.17, 15) is 9.59 Å². The van der Waals surface area contributed by atoms with Crippen molar-refractivity contribution in [2.24, 2.45) is 5.41 Å². The van der Waals surface area contributed by atoms with Crippen LogP contribution < -0.4 is 10.6 Å². The van der Waals surface area contributed by atoms with E-state index < -0.39 is 5.97 Å². The first kappa shape index (κ1) is 16.1. The zero-order chi connectivity index (χ0) is 15.0. The van der Waals surface area contributed by atoms with Crippen molar-refractivity contribution in [2.45, 2.75) is 39.7 Å². The molecular weight excluding hydrogens is 260 g/mol. The van der Waals surface area contributed by atoms with Crippen LogP contribution in [0.1, 0.15) is 38.7 Å². The molecule has 2 amide bonds. The number of amides is 2. The number of aliphatic carboxylic acids is 1. The predicted octanol–water partition coefficient (Wildman–Crippen LogP) is 2.36. The molecule has 0 unspecified atom stereocenters. The van der Waals surface area contributed by atoms with Crippen molar-refractivity contribution in [2.75, 3.05) is 6.54 Å². The van der Waals surface area contributed by atoms with Crippen LogP contribution in [0.4, 0.5) is 4.79 Å². The van der Waals surface area contributed by atoms with Crippen molar-refractivity contribution in [1.82, 2.24) is 10.6 Å². The van der Waals surface area contributed by atoms with Crippen molar-refractivity contribution in [3.8, 4) is 0 Å². The maximum Gasteiger partial charge on any atom is 0.315 e. The molecule has 0 saturated heterocycles. The molecule has 1 heterocycles. The number of furan rings is 1. The van der Waals surface area contributed by atoms with E-state index in [1.807, 2.05) is 13.8 Å². The quantitative estimate of drug-likeness (QED) is 0.682. The Morgan fingerprint density at radius 2 is 2.05 bits per heavy atom. The SMILES string of the molecule is CC(C)(CCNC(=O)NCc1ccoc1)CCC(=O)O. The molecule has 6 heteroatoms. The number of hydrogen-bond acceptors (Lipinski definition) is 3. The Balaban J connectivity index is 2.15. The molecular formula is C14H22N2O4. The number of rotatable bonds is 8. The summed E-state index contributed by atoms with van der Waals surface area (Å²) in [6.07, 6.45) is 4.62. The standard InChI is InChI=1S/C14H22N2O4/c1-14(2,5-3-12(17)18)6-7-15-13(19)16-9-11-4-8-20-10-11/h4,8,10H,3,5-7,9H2,1-2H3,(H,17,18)(H2,15,16,19). The first-order chi connectivity index (χ1) is 9.39. The minimum absolute atomic E-state index is 0.101. The summed E-state index contributed by atoms with van der Waals surface area (Å²) < 4.78 is 4.90. The van der Waals surface area contributed by atoms with E-state index >= 15 is 0 Å². The molecule has 0 aliphatic heterocycles. The molecule has 0 aromatic carbocycles. The molecule has 0 atom stereocenters. The van der Waals surface area contributed by atoms with Gasteiger partial charge < -0.3 is 20.2 Å². The Bertz CT molecular complexity index is 426. The molecule has 1 aromatic rings. The van der Waals surface area contributed by atoms with Crippen molar-refractivity contribution in [3.05, 3.63) is 24.2 Å². The molecule has 1 rings (SSSR count). The highest BCUT2D eigenvalue weighted by Crippen LogP contribution is 2.25. The lowest BCUT2D eigenvalue weighted by molar-refractivity contribution is -0.137. The summed E-state index contributed by atoms with van der Waals surface area (Å²) in [5.41, 5.74) is 0.804. The minimum atomic E-state index is -0.788. The lowest BCUT2D eigenvalue weighted by atomic mass is 9.84. The van der Waals surface area contributed by atoms with Gasteiger partial charge in [0.25, 0.3) is 0 Å². The predicted molar refractivity (Wildman–Crippen MR) is 74.2 cm³/mol. The van der Waals surface area contributed by atoms with Gasteiger partial charge in [-0.05, 0) is 24.3 Å². The largest absolute Gasteiger partial charge is 0.481 e. The maximum absolute atomic E-state index is 11.5. The van der Waals surface area contributed by atoms with E-state index in [1.54, 1.807) is 18.6 Å². The average Bonchev–Trinajstić information content (AvgIpc) is 2.87. The topological polar surface area (TPSA) is 91.6 Å². The Hall–Kier alpha value is -1.98. The Morgan fingerprint density at radius 1 is 1.30 bits per heavy atom. The number of carboxylic acids is 1.